The monoisotopic (exact) mass is 253 g/mol. The van der Waals surface area contributed by atoms with E-state index in [1.807, 2.05) is 6.26 Å². The lowest BCUT2D eigenvalue weighted by molar-refractivity contribution is 0.624. The van der Waals surface area contributed by atoms with E-state index in [0.717, 1.165) is 16.5 Å². The first kappa shape index (κ1) is 12.4. The summed E-state index contributed by atoms with van der Waals surface area (Å²) in [7, 11) is 0. The van der Waals surface area contributed by atoms with Crippen LogP contribution < -0.4 is 10.6 Å². The fourth-order valence-corrected chi connectivity index (χ4v) is 1.93. The van der Waals surface area contributed by atoms with Gasteiger partial charge in [0.25, 0.3) is 0 Å². The molecule has 1 aromatic rings. The highest BCUT2D eigenvalue weighted by Gasteiger charge is 2.25. The molecular weight excluding hydrogens is 234 g/mol. The molecule has 1 heterocycles. The molecule has 1 saturated carbocycles. The molecule has 1 fully saturated rings. The zero-order chi connectivity index (χ0) is 12.5. The smallest absolute Gasteiger partial charge is 0.177 e. The van der Waals surface area contributed by atoms with Gasteiger partial charge in [0.05, 0.1) is 0 Å². The molecule has 94 valence electrons. The molecule has 2 N–H and O–H groups in total. The summed E-state index contributed by atoms with van der Waals surface area (Å²) in [5.74, 6) is 0.795. The lowest BCUT2D eigenvalue weighted by atomic mass is 10.1. The highest BCUT2D eigenvalue weighted by atomic mass is 32.2. The normalized spacial score (nSPS) is 15.8. The lowest BCUT2D eigenvalue weighted by Gasteiger charge is -2.23. The van der Waals surface area contributed by atoms with Gasteiger partial charge in [-0.15, -0.1) is 22.0 Å². The molecule has 1 aromatic heterocycles. The van der Waals surface area contributed by atoms with Gasteiger partial charge >= 0.3 is 0 Å². The van der Waals surface area contributed by atoms with Crippen LogP contribution in [0.3, 0.4) is 0 Å². The van der Waals surface area contributed by atoms with E-state index >= 15 is 0 Å². The number of nitrogens with zero attached hydrogens (tertiary/aromatic N) is 3. The van der Waals surface area contributed by atoms with Crippen molar-refractivity contribution in [2.24, 2.45) is 0 Å². The number of anilines is 2. The van der Waals surface area contributed by atoms with Crippen molar-refractivity contribution >= 4 is 23.3 Å². The number of rotatable bonds is 4. The van der Waals surface area contributed by atoms with Crippen LogP contribution in [0.15, 0.2) is 5.03 Å². The van der Waals surface area contributed by atoms with Crippen LogP contribution in [0.1, 0.15) is 33.6 Å². The molecular formula is C11H19N5S. The molecule has 0 bridgehead atoms. The zero-order valence-electron chi connectivity index (χ0n) is 10.7. The van der Waals surface area contributed by atoms with Crippen LogP contribution in [-0.2, 0) is 0 Å². The summed E-state index contributed by atoms with van der Waals surface area (Å²) in [6.07, 6.45) is 4.46. The molecule has 1 aliphatic rings. The van der Waals surface area contributed by atoms with Gasteiger partial charge in [0.15, 0.2) is 5.82 Å². The van der Waals surface area contributed by atoms with E-state index in [2.05, 4.69) is 46.8 Å². The maximum absolute atomic E-state index is 4.11. The van der Waals surface area contributed by atoms with Crippen molar-refractivity contribution in [1.29, 1.82) is 0 Å². The summed E-state index contributed by atoms with van der Waals surface area (Å²) in [4.78, 5) is 0. The van der Waals surface area contributed by atoms with Gasteiger partial charge in [-0.1, -0.05) is 0 Å². The maximum atomic E-state index is 4.11. The van der Waals surface area contributed by atoms with Crippen molar-refractivity contribution in [2.45, 2.75) is 50.2 Å². The minimum absolute atomic E-state index is 0.0360. The summed E-state index contributed by atoms with van der Waals surface area (Å²) < 4.78 is 0. The predicted octanol–water partition coefficient (Wildman–Crippen LogP) is 2.38. The van der Waals surface area contributed by atoms with Crippen LogP contribution in [0, 0.1) is 0 Å². The van der Waals surface area contributed by atoms with Crippen molar-refractivity contribution in [3.63, 3.8) is 0 Å². The Morgan fingerprint density at radius 1 is 1.24 bits per heavy atom. The summed E-state index contributed by atoms with van der Waals surface area (Å²) in [6.45, 7) is 6.32. The molecule has 0 spiro atoms. The molecule has 2 rings (SSSR count). The summed E-state index contributed by atoms with van der Waals surface area (Å²) >= 11 is 1.59. The molecule has 0 aliphatic heterocycles. The van der Waals surface area contributed by atoms with Gasteiger partial charge in [-0.05, 0) is 45.1 Å². The first-order valence-electron chi connectivity index (χ1n) is 5.81. The van der Waals surface area contributed by atoms with E-state index < -0.39 is 0 Å². The highest BCUT2D eigenvalue weighted by Crippen LogP contribution is 2.34. The summed E-state index contributed by atoms with van der Waals surface area (Å²) in [5, 5.41) is 19.7. The molecule has 0 amide bonds. The Morgan fingerprint density at radius 2 is 1.94 bits per heavy atom. The molecule has 0 atom stereocenters. The van der Waals surface area contributed by atoms with Gasteiger partial charge in [-0.2, -0.15) is 0 Å². The van der Waals surface area contributed by atoms with Gasteiger partial charge < -0.3 is 10.6 Å². The Balaban J connectivity index is 2.28. The van der Waals surface area contributed by atoms with E-state index in [1.165, 1.54) is 12.8 Å². The van der Waals surface area contributed by atoms with E-state index in [9.17, 15) is 0 Å². The number of nitrogens with one attached hydrogen (secondary N) is 2. The molecule has 0 aromatic carbocycles. The van der Waals surface area contributed by atoms with Crippen LogP contribution in [0.4, 0.5) is 11.5 Å². The van der Waals surface area contributed by atoms with Gasteiger partial charge in [0.2, 0.25) is 0 Å². The number of thioether (sulfide) groups is 1. The quantitative estimate of drug-likeness (QED) is 0.803. The lowest BCUT2D eigenvalue weighted by Crippen LogP contribution is -2.28. The van der Waals surface area contributed by atoms with Crippen molar-refractivity contribution in [1.82, 2.24) is 15.4 Å². The average molecular weight is 253 g/mol. The Labute approximate surface area is 106 Å². The van der Waals surface area contributed by atoms with Gasteiger partial charge in [0.1, 0.15) is 10.7 Å². The molecule has 6 heteroatoms. The fourth-order valence-electron chi connectivity index (χ4n) is 1.46. The van der Waals surface area contributed by atoms with Gasteiger partial charge in [0, 0.05) is 11.6 Å². The van der Waals surface area contributed by atoms with Crippen LogP contribution >= 0.6 is 11.8 Å². The number of hydrogen-bond donors (Lipinski definition) is 2. The molecule has 5 nitrogen and oxygen atoms in total. The molecule has 0 radical (unpaired) electrons. The highest BCUT2D eigenvalue weighted by molar-refractivity contribution is 7.98. The maximum Gasteiger partial charge on any atom is 0.177 e. The topological polar surface area (TPSA) is 62.7 Å². The van der Waals surface area contributed by atoms with Crippen LogP contribution in [-0.4, -0.2) is 33.2 Å². The van der Waals surface area contributed by atoms with E-state index in [-0.39, 0.29) is 5.54 Å². The fraction of sp³-hybridized carbons (Fsp3) is 0.727. The third-order valence-corrected chi connectivity index (χ3v) is 3.02. The molecule has 17 heavy (non-hydrogen) atoms. The second-order valence-electron chi connectivity index (χ2n) is 5.32. The third-order valence-electron chi connectivity index (χ3n) is 2.34. The van der Waals surface area contributed by atoms with Crippen LogP contribution in [0.2, 0.25) is 0 Å². The van der Waals surface area contributed by atoms with Gasteiger partial charge in [-0.3, -0.25) is 0 Å². The van der Waals surface area contributed by atoms with Crippen LogP contribution in [0.5, 0.6) is 0 Å². The predicted molar refractivity (Wildman–Crippen MR) is 71.6 cm³/mol. The average Bonchev–Trinajstić information content (AvgIpc) is 3.02. The molecule has 0 saturated heterocycles. The van der Waals surface area contributed by atoms with Crippen LogP contribution in [0.25, 0.3) is 0 Å². The van der Waals surface area contributed by atoms with Gasteiger partial charge in [-0.25, -0.2) is 0 Å². The second-order valence-corrected chi connectivity index (χ2v) is 6.11. The Morgan fingerprint density at radius 3 is 2.47 bits per heavy atom. The van der Waals surface area contributed by atoms with Crippen molar-refractivity contribution < 1.29 is 0 Å². The standard InChI is InChI=1S/C11H19N5S/c1-11(2,3)13-9-8(12-7-5-6-7)10(17-4)15-16-14-9/h7H,5-6H2,1-4H3,(H,12,16)(H,13,14,15). The van der Waals surface area contributed by atoms with Crippen molar-refractivity contribution in [2.75, 3.05) is 16.9 Å². The molecule has 1 aliphatic carbocycles. The minimum Gasteiger partial charge on any atom is -0.377 e. The zero-order valence-corrected chi connectivity index (χ0v) is 11.6. The SMILES string of the molecule is CSc1nnnc(NC(C)(C)C)c1NC1CC1. The summed E-state index contributed by atoms with van der Waals surface area (Å²) in [6, 6.07) is 0.576. The van der Waals surface area contributed by atoms with E-state index in [4.69, 9.17) is 0 Å². The van der Waals surface area contributed by atoms with Crippen molar-refractivity contribution in [3.05, 3.63) is 0 Å². The third kappa shape index (κ3) is 3.46. The van der Waals surface area contributed by atoms with Crippen molar-refractivity contribution in [3.8, 4) is 0 Å². The minimum atomic E-state index is -0.0360. The van der Waals surface area contributed by atoms with E-state index in [0.29, 0.717) is 6.04 Å². The Hall–Kier alpha value is -1.04. The largest absolute Gasteiger partial charge is 0.377 e. The number of hydrogen-bond acceptors (Lipinski definition) is 6. The Bertz CT molecular complexity index is 397. The summed E-state index contributed by atoms with van der Waals surface area (Å²) in [5.41, 5.74) is 0.955. The molecule has 0 unspecified atom stereocenters. The first-order chi connectivity index (χ1) is 7.99. The Kier molecular flexibility index (Phi) is 3.42. The second kappa shape index (κ2) is 4.68. The first-order valence-corrected chi connectivity index (χ1v) is 7.04. The van der Waals surface area contributed by atoms with E-state index in [1.54, 1.807) is 11.8 Å². The number of aromatic nitrogens is 3.